The van der Waals surface area contributed by atoms with Gasteiger partial charge in [0.25, 0.3) is 0 Å². The summed E-state index contributed by atoms with van der Waals surface area (Å²) < 4.78 is 5.91. The van der Waals surface area contributed by atoms with Crippen LogP contribution in [0.4, 0.5) is 11.8 Å². The first-order valence-corrected chi connectivity index (χ1v) is 15.3. The summed E-state index contributed by atoms with van der Waals surface area (Å²) in [5.41, 5.74) is 3.60. The summed E-state index contributed by atoms with van der Waals surface area (Å²) in [6, 6.07) is 4.16. The summed E-state index contributed by atoms with van der Waals surface area (Å²) in [6.45, 7) is 16.9. The average Bonchev–Trinajstić information content (AvgIpc) is 3.07. The molecule has 4 atom stereocenters. The molecule has 0 aromatic carbocycles. The smallest absolute Gasteiger partial charge is 0.224 e. The third-order valence-electron chi connectivity index (χ3n) is 7.09. The fraction of sp³-hybridized carbons (Fsp3) is 0.548. The van der Waals surface area contributed by atoms with Gasteiger partial charge < -0.3 is 20.5 Å². The SMILES string of the molecule is C=N/C=C\SCCNc1nc(C)c(/C(=C/c2ccnc(C)c2)OC)c(N[C@@H]2CC(CO)C[C@@H](C)[C@@H](C)C2)n1.CC. The van der Waals surface area contributed by atoms with Gasteiger partial charge in [-0.25, -0.2) is 4.98 Å². The van der Waals surface area contributed by atoms with Crippen molar-refractivity contribution < 1.29 is 9.84 Å². The molecular weight excluding hydrogens is 520 g/mol. The van der Waals surface area contributed by atoms with Gasteiger partial charge in [0.05, 0.1) is 18.4 Å². The topological polar surface area (TPSA) is 105 Å². The van der Waals surface area contributed by atoms with E-state index in [1.54, 1.807) is 31.3 Å². The molecule has 9 heteroatoms. The van der Waals surface area contributed by atoms with E-state index in [0.29, 0.717) is 30.1 Å². The predicted molar refractivity (Wildman–Crippen MR) is 172 cm³/mol. The Balaban J connectivity index is 0.00000274. The first-order valence-electron chi connectivity index (χ1n) is 14.3. The van der Waals surface area contributed by atoms with Gasteiger partial charge in [0.2, 0.25) is 5.95 Å². The zero-order chi connectivity index (χ0) is 29.5. The van der Waals surface area contributed by atoms with Crippen molar-refractivity contribution >= 4 is 42.1 Å². The molecule has 8 nitrogen and oxygen atoms in total. The standard InChI is InChI=1S/C29H42N6O2S.C2H6/c1-19-13-24(18-36)16-25(14-20(19)2)34-28-27(26(37-6)17-23-7-8-31-21(3)15-23)22(4)33-29(35-28)32-10-12-38-11-9-30-5;1-2/h7-9,11,15,17,19-20,24-25,36H,5,10,12-14,16,18H2,1-4,6H3,(H2,32,33,34,35);1-2H3/b11-9-,26-17-;/t19-,20+,24?,25+;/m1./s1. The monoisotopic (exact) mass is 568 g/mol. The molecule has 0 saturated heterocycles. The molecular formula is C31H48N6O2S. The molecule has 0 aliphatic heterocycles. The number of aliphatic hydroxyl groups excluding tert-OH is 1. The molecule has 220 valence electrons. The van der Waals surface area contributed by atoms with E-state index in [0.717, 1.165) is 53.3 Å². The van der Waals surface area contributed by atoms with Gasteiger partial charge in [-0.3, -0.25) is 9.98 Å². The van der Waals surface area contributed by atoms with Crippen molar-refractivity contribution in [1.82, 2.24) is 15.0 Å². The van der Waals surface area contributed by atoms with E-state index in [4.69, 9.17) is 14.7 Å². The number of hydrogen-bond acceptors (Lipinski definition) is 9. The van der Waals surface area contributed by atoms with Crippen LogP contribution in [0.2, 0.25) is 0 Å². The van der Waals surface area contributed by atoms with Crippen LogP contribution in [-0.2, 0) is 4.74 Å². The summed E-state index contributed by atoms with van der Waals surface area (Å²) in [6.07, 6.45) is 8.43. The van der Waals surface area contributed by atoms with Crippen LogP contribution in [0.15, 0.2) is 34.9 Å². The maximum atomic E-state index is 10.0. The summed E-state index contributed by atoms with van der Waals surface area (Å²) in [7, 11) is 1.68. The molecule has 3 N–H and O–H groups in total. The number of pyridine rings is 1. The number of nitrogens with zero attached hydrogens (tertiary/aromatic N) is 4. The third-order valence-corrected chi connectivity index (χ3v) is 7.84. The normalized spacial score (nSPS) is 21.2. The second-order valence-electron chi connectivity index (χ2n) is 10.1. The Morgan fingerprint density at radius 3 is 2.62 bits per heavy atom. The summed E-state index contributed by atoms with van der Waals surface area (Å²) >= 11 is 1.65. The number of methoxy groups -OCH3 is 1. The van der Waals surface area contributed by atoms with Crippen molar-refractivity contribution in [1.29, 1.82) is 0 Å². The van der Waals surface area contributed by atoms with Gasteiger partial charge in [0.1, 0.15) is 11.6 Å². The summed E-state index contributed by atoms with van der Waals surface area (Å²) in [4.78, 5) is 17.7. The average molecular weight is 569 g/mol. The van der Waals surface area contributed by atoms with E-state index in [9.17, 15) is 5.11 Å². The molecule has 0 amide bonds. The number of aliphatic hydroxyl groups is 1. The molecule has 40 heavy (non-hydrogen) atoms. The number of ether oxygens (including phenoxy) is 1. The van der Waals surface area contributed by atoms with E-state index in [1.807, 2.05) is 51.3 Å². The summed E-state index contributed by atoms with van der Waals surface area (Å²) in [5.74, 6) is 4.22. The van der Waals surface area contributed by atoms with Crippen LogP contribution >= 0.6 is 11.8 Å². The highest BCUT2D eigenvalue weighted by molar-refractivity contribution is 8.02. The first kappa shape index (κ1) is 33.3. The number of aliphatic imine (C=N–C) groups is 1. The number of aromatic nitrogens is 3. The number of rotatable bonds is 12. The number of hydrogen-bond donors (Lipinski definition) is 3. The van der Waals surface area contributed by atoms with Crippen molar-refractivity contribution in [3.63, 3.8) is 0 Å². The fourth-order valence-electron chi connectivity index (χ4n) is 4.96. The van der Waals surface area contributed by atoms with E-state index < -0.39 is 0 Å². The predicted octanol–water partition coefficient (Wildman–Crippen LogP) is 6.82. The van der Waals surface area contributed by atoms with Crippen LogP contribution in [0.5, 0.6) is 0 Å². The van der Waals surface area contributed by atoms with Crippen LogP contribution in [0, 0.1) is 31.6 Å². The highest BCUT2D eigenvalue weighted by Crippen LogP contribution is 2.35. The lowest BCUT2D eigenvalue weighted by Crippen LogP contribution is -2.26. The van der Waals surface area contributed by atoms with E-state index in [2.05, 4.69) is 41.2 Å². The molecule has 1 aliphatic rings. The Morgan fingerprint density at radius 1 is 1.20 bits per heavy atom. The second-order valence-corrected chi connectivity index (χ2v) is 11.1. The molecule has 1 fully saturated rings. The molecule has 1 saturated carbocycles. The minimum absolute atomic E-state index is 0.182. The van der Waals surface area contributed by atoms with Crippen LogP contribution < -0.4 is 10.6 Å². The van der Waals surface area contributed by atoms with Crippen LogP contribution in [-0.4, -0.2) is 58.8 Å². The van der Waals surface area contributed by atoms with Crippen LogP contribution in [0.1, 0.15) is 69.5 Å². The molecule has 1 unspecified atom stereocenters. The lowest BCUT2D eigenvalue weighted by atomic mass is 9.89. The van der Waals surface area contributed by atoms with Crippen molar-refractivity contribution in [2.24, 2.45) is 22.7 Å². The zero-order valence-electron chi connectivity index (χ0n) is 25.3. The molecule has 0 spiro atoms. The van der Waals surface area contributed by atoms with Crippen molar-refractivity contribution in [3.05, 3.63) is 52.5 Å². The van der Waals surface area contributed by atoms with Crippen molar-refractivity contribution in [2.75, 3.05) is 36.6 Å². The Kier molecular flexibility index (Phi) is 14.7. The van der Waals surface area contributed by atoms with Crippen LogP contribution in [0.3, 0.4) is 0 Å². The molecule has 2 heterocycles. The Hall–Kier alpha value is -2.91. The fourth-order valence-corrected chi connectivity index (χ4v) is 5.49. The Labute approximate surface area is 245 Å². The molecule has 0 bridgehead atoms. The lowest BCUT2D eigenvalue weighted by molar-refractivity contribution is 0.195. The molecule has 2 aromatic heterocycles. The van der Waals surface area contributed by atoms with E-state index >= 15 is 0 Å². The quantitative estimate of drug-likeness (QED) is 0.111. The highest BCUT2D eigenvalue weighted by Gasteiger charge is 2.29. The Bertz CT molecular complexity index is 1120. The molecule has 3 rings (SSSR count). The maximum Gasteiger partial charge on any atom is 0.224 e. The number of anilines is 2. The van der Waals surface area contributed by atoms with Crippen LogP contribution in [0.25, 0.3) is 11.8 Å². The van der Waals surface area contributed by atoms with Gasteiger partial charge in [-0.1, -0.05) is 27.7 Å². The minimum atomic E-state index is 0.182. The van der Waals surface area contributed by atoms with Gasteiger partial charge >= 0.3 is 0 Å². The van der Waals surface area contributed by atoms with Gasteiger partial charge in [0, 0.05) is 43.0 Å². The third kappa shape index (κ3) is 10.2. The van der Waals surface area contributed by atoms with E-state index in [1.165, 1.54) is 0 Å². The molecule has 2 aromatic rings. The molecule has 1 aliphatic carbocycles. The van der Waals surface area contributed by atoms with Crippen molar-refractivity contribution in [3.8, 4) is 0 Å². The van der Waals surface area contributed by atoms with Crippen molar-refractivity contribution in [2.45, 2.75) is 66.8 Å². The van der Waals surface area contributed by atoms with E-state index in [-0.39, 0.29) is 18.6 Å². The lowest BCUT2D eigenvalue weighted by Gasteiger charge is -2.25. The first-order chi connectivity index (χ1) is 19.3. The largest absolute Gasteiger partial charge is 0.496 e. The summed E-state index contributed by atoms with van der Waals surface area (Å²) in [5, 5.41) is 19.0. The van der Waals surface area contributed by atoms with Gasteiger partial charge in [-0.05, 0) is 86.8 Å². The van der Waals surface area contributed by atoms with Gasteiger partial charge in [0.15, 0.2) is 0 Å². The van der Waals surface area contributed by atoms with Gasteiger partial charge in [-0.2, -0.15) is 4.98 Å². The van der Waals surface area contributed by atoms with Gasteiger partial charge in [-0.15, -0.1) is 11.8 Å². The molecule has 0 radical (unpaired) electrons. The maximum absolute atomic E-state index is 10.0. The number of aryl methyl sites for hydroxylation is 2. The second kappa shape index (κ2) is 17.7. The minimum Gasteiger partial charge on any atom is -0.496 e. The number of thioether (sulfide) groups is 1. The highest BCUT2D eigenvalue weighted by atomic mass is 32.2. The number of nitrogens with one attached hydrogen (secondary N) is 2. The zero-order valence-corrected chi connectivity index (χ0v) is 26.1. The Morgan fingerprint density at radius 2 is 1.95 bits per heavy atom.